The highest BCUT2D eigenvalue weighted by molar-refractivity contribution is 5.82. The predicted octanol–water partition coefficient (Wildman–Crippen LogP) is 5.75. The second kappa shape index (κ2) is 16.5. The highest BCUT2D eigenvalue weighted by atomic mass is 16.3. The number of carbonyl (C=O) groups excluding carboxylic acids is 1. The average molecular weight is 309 g/mol. The number of hydrogen-bond donors (Lipinski definition) is 1. The van der Waals surface area contributed by atoms with Gasteiger partial charge in [0.25, 0.3) is 0 Å². The Morgan fingerprint density at radius 3 is 1.77 bits per heavy atom. The lowest BCUT2D eigenvalue weighted by Crippen LogP contribution is -2.19. The average Bonchev–Trinajstić information content (AvgIpc) is 2.52. The molecule has 2 heteroatoms. The number of hydrogen-bond acceptors (Lipinski definition) is 2. The third kappa shape index (κ3) is 14.1. The van der Waals surface area contributed by atoms with E-state index in [1.165, 1.54) is 38.5 Å². The lowest BCUT2D eigenvalue weighted by molar-refractivity contribution is -0.127. The zero-order valence-corrected chi connectivity index (χ0v) is 14.4. The molecule has 0 aromatic heterocycles. The number of allylic oxidation sites excluding steroid dienone is 2. The summed E-state index contributed by atoms with van der Waals surface area (Å²) in [4.78, 5) is 11.8. The minimum atomic E-state index is -0.728. The van der Waals surface area contributed by atoms with E-state index in [0.29, 0.717) is 12.8 Å². The molecule has 0 rings (SSSR count). The third-order valence-electron chi connectivity index (χ3n) is 4.09. The quantitative estimate of drug-likeness (QED) is 0.274. The highest BCUT2D eigenvalue weighted by Crippen LogP contribution is 2.12. The van der Waals surface area contributed by atoms with Crippen LogP contribution in [0.3, 0.4) is 0 Å². The Hall–Kier alpha value is -0.890. The second-order valence-corrected chi connectivity index (χ2v) is 6.21. The van der Waals surface area contributed by atoms with E-state index in [-0.39, 0.29) is 5.78 Å². The second-order valence-electron chi connectivity index (χ2n) is 6.21. The molecule has 0 saturated heterocycles. The van der Waals surface area contributed by atoms with Gasteiger partial charge in [-0.2, -0.15) is 0 Å². The largest absolute Gasteiger partial charge is 0.385 e. The highest BCUT2D eigenvalue weighted by Gasteiger charge is 2.13. The lowest BCUT2D eigenvalue weighted by Gasteiger charge is -2.09. The molecule has 0 amide bonds. The molecule has 0 spiro atoms. The molecule has 0 saturated carbocycles. The fraction of sp³-hybridized carbons (Fsp3) is 0.750. The molecule has 1 atom stereocenters. The van der Waals surface area contributed by atoms with E-state index < -0.39 is 6.10 Å². The molecule has 0 aliphatic carbocycles. The molecule has 0 aliphatic rings. The topological polar surface area (TPSA) is 37.3 Å². The Kier molecular flexibility index (Phi) is 15.8. The van der Waals surface area contributed by atoms with Crippen LogP contribution in [0.15, 0.2) is 25.3 Å². The van der Waals surface area contributed by atoms with Gasteiger partial charge in [-0.15, -0.1) is 13.2 Å². The summed E-state index contributed by atoms with van der Waals surface area (Å²) in [7, 11) is 0. The van der Waals surface area contributed by atoms with Crippen LogP contribution >= 0.6 is 0 Å². The maximum Gasteiger partial charge on any atom is 0.161 e. The third-order valence-corrected chi connectivity index (χ3v) is 4.09. The molecule has 0 aromatic carbocycles. The van der Waals surface area contributed by atoms with Crippen LogP contribution in [0.2, 0.25) is 0 Å². The van der Waals surface area contributed by atoms with E-state index in [4.69, 9.17) is 0 Å². The van der Waals surface area contributed by atoms with Crippen LogP contribution in [0.1, 0.15) is 89.9 Å². The first-order valence-electron chi connectivity index (χ1n) is 9.15. The Labute approximate surface area is 137 Å². The van der Waals surface area contributed by atoms with Crippen LogP contribution in [-0.2, 0) is 4.79 Å². The van der Waals surface area contributed by atoms with Crippen molar-refractivity contribution in [1.82, 2.24) is 0 Å². The van der Waals surface area contributed by atoms with Crippen molar-refractivity contribution in [2.75, 3.05) is 0 Å². The van der Waals surface area contributed by atoms with E-state index in [0.717, 1.165) is 38.5 Å². The van der Waals surface area contributed by atoms with Crippen LogP contribution in [0.25, 0.3) is 0 Å². The van der Waals surface area contributed by atoms with Gasteiger partial charge in [0, 0.05) is 6.42 Å². The van der Waals surface area contributed by atoms with Crippen molar-refractivity contribution in [2.24, 2.45) is 0 Å². The Morgan fingerprint density at radius 2 is 1.23 bits per heavy atom. The SMILES string of the molecule is C=CCCCCCCCC(=O)C(O)CCCCCCCC=C. The summed E-state index contributed by atoms with van der Waals surface area (Å²) in [6, 6.07) is 0. The Balaban J connectivity index is 3.39. The van der Waals surface area contributed by atoms with E-state index in [9.17, 15) is 9.90 Å². The molecule has 1 unspecified atom stereocenters. The minimum Gasteiger partial charge on any atom is -0.385 e. The van der Waals surface area contributed by atoms with Crippen molar-refractivity contribution in [3.63, 3.8) is 0 Å². The Morgan fingerprint density at radius 1 is 0.773 bits per heavy atom. The molecule has 0 aliphatic heterocycles. The summed E-state index contributed by atoms with van der Waals surface area (Å²) in [6.07, 6.45) is 17.9. The van der Waals surface area contributed by atoms with Crippen LogP contribution in [0, 0.1) is 0 Å². The van der Waals surface area contributed by atoms with E-state index in [2.05, 4.69) is 13.2 Å². The standard InChI is InChI=1S/C20H36O2/c1-3-5-7-9-11-13-15-17-19(21)20(22)18-16-14-12-10-8-6-4-2/h3-4,19,21H,1-2,5-18H2. The number of Topliss-reactive ketones (excluding diaryl/α,β-unsaturated/α-hetero) is 1. The maximum absolute atomic E-state index is 11.8. The van der Waals surface area contributed by atoms with Crippen molar-refractivity contribution in [3.05, 3.63) is 25.3 Å². The maximum atomic E-state index is 11.8. The molecule has 0 fully saturated rings. The van der Waals surface area contributed by atoms with Gasteiger partial charge in [-0.25, -0.2) is 0 Å². The van der Waals surface area contributed by atoms with Crippen LogP contribution < -0.4 is 0 Å². The van der Waals surface area contributed by atoms with Gasteiger partial charge in [-0.05, 0) is 38.5 Å². The molecule has 0 radical (unpaired) electrons. The van der Waals surface area contributed by atoms with Gasteiger partial charge in [0.15, 0.2) is 5.78 Å². The first-order valence-corrected chi connectivity index (χ1v) is 9.15. The molecule has 22 heavy (non-hydrogen) atoms. The van der Waals surface area contributed by atoms with Gasteiger partial charge in [0.2, 0.25) is 0 Å². The number of rotatable bonds is 17. The summed E-state index contributed by atoms with van der Waals surface area (Å²) in [5.41, 5.74) is 0. The van der Waals surface area contributed by atoms with Crippen molar-refractivity contribution in [1.29, 1.82) is 0 Å². The van der Waals surface area contributed by atoms with Gasteiger partial charge >= 0.3 is 0 Å². The first-order chi connectivity index (χ1) is 10.7. The molecule has 1 N–H and O–H groups in total. The summed E-state index contributed by atoms with van der Waals surface area (Å²) in [6.45, 7) is 7.42. The molecular weight excluding hydrogens is 272 g/mol. The molecule has 0 heterocycles. The van der Waals surface area contributed by atoms with Gasteiger partial charge in [0.05, 0.1) is 0 Å². The normalized spacial score (nSPS) is 12.0. The molecule has 0 bridgehead atoms. The first kappa shape index (κ1) is 21.1. The van der Waals surface area contributed by atoms with Gasteiger partial charge < -0.3 is 5.11 Å². The number of unbranched alkanes of at least 4 members (excludes halogenated alkanes) is 10. The predicted molar refractivity (Wildman–Crippen MR) is 96.0 cm³/mol. The zero-order valence-electron chi connectivity index (χ0n) is 14.4. The number of aliphatic hydroxyl groups is 1. The number of ketones is 1. The molecule has 128 valence electrons. The smallest absolute Gasteiger partial charge is 0.161 e. The fourth-order valence-electron chi connectivity index (χ4n) is 2.60. The van der Waals surface area contributed by atoms with Crippen molar-refractivity contribution < 1.29 is 9.90 Å². The van der Waals surface area contributed by atoms with Gasteiger partial charge in [0.1, 0.15) is 6.10 Å². The Bertz CT molecular complexity index is 283. The summed E-state index contributed by atoms with van der Waals surface area (Å²) >= 11 is 0. The monoisotopic (exact) mass is 308 g/mol. The summed E-state index contributed by atoms with van der Waals surface area (Å²) < 4.78 is 0. The van der Waals surface area contributed by atoms with Crippen molar-refractivity contribution >= 4 is 5.78 Å². The van der Waals surface area contributed by atoms with E-state index in [1.807, 2.05) is 12.2 Å². The number of aliphatic hydroxyl groups excluding tert-OH is 1. The van der Waals surface area contributed by atoms with Crippen molar-refractivity contribution in [2.45, 2.75) is 96.0 Å². The zero-order chi connectivity index (χ0) is 16.5. The van der Waals surface area contributed by atoms with Gasteiger partial charge in [-0.1, -0.05) is 57.1 Å². The van der Waals surface area contributed by atoms with Crippen LogP contribution in [-0.4, -0.2) is 17.0 Å². The fourth-order valence-corrected chi connectivity index (χ4v) is 2.60. The lowest BCUT2D eigenvalue weighted by atomic mass is 10.0. The molecule has 0 aromatic rings. The molecule has 2 nitrogen and oxygen atoms in total. The summed E-state index contributed by atoms with van der Waals surface area (Å²) in [5.74, 6) is 0.0396. The van der Waals surface area contributed by atoms with Crippen LogP contribution in [0.5, 0.6) is 0 Å². The van der Waals surface area contributed by atoms with Crippen molar-refractivity contribution in [3.8, 4) is 0 Å². The van der Waals surface area contributed by atoms with E-state index >= 15 is 0 Å². The minimum absolute atomic E-state index is 0.0396. The van der Waals surface area contributed by atoms with E-state index in [1.54, 1.807) is 0 Å². The van der Waals surface area contributed by atoms with Gasteiger partial charge in [-0.3, -0.25) is 4.79 Å². The molecular formula is C20H36O2. The summed E-state index contributed by atoms with van der Waals surface area (Å²) in [5, 5.41) is 9.86. The number of carbonyl (C=O) groups is 1. The van der Waals surface area contributed by atoms with Crippen LogP contribution in [0.4, 0.5) is 0 Å².